The van der Waals surface area contributed by atoms with Crippen molar-refractivity contribution in [2.45, 2.75) is 0 Å². The molecule has 1 saturated heterocycles. The second kappa shape index (κ2) is 6.04. The molecule has 21 heavy (non-hydrogen) atoms. The molecule has 0 amide bonds. The minimum absolute atomic E-state index is 0.722. The van der Waals surface area contributed by atoms with E-state index in [0.717, 1.165) is 47.6 Å². The Hall–Kier alpha value is -1.58. The molecule has 0 atom stereocenters. The number of halogens is 2. The first-order valence-corrected chi connectivity index (χ1v) is 7.69. The lowest BCUT2D eigenvalue weighted by atomic mass is 10.2. The van der Waals surface area contributed by atoms with E-state index < -0.39 is 0 Å². The van der Waals surface area contributed by atoms with Gasteiger partial charge in [-0.25, -0.2) is 0 Å². The molecule has 2 aromatic rings. The van der Waals surface area contributed by atoms with Gasteiger partial charge in [0.2, 0.25) is 0 Å². The van der Waals surface area contributed by atoms with Crippen molar-refractivity contribution in [3.05, 3.63) is 52.5 Å². The van der Waals surface area contributed by atoms with Crippen LogP contribution < -0.4 is 15.5 Å². The summed E-state index contributed by atoms with van der Waals surface area (Å²) in [6.45, 7) is 3.75. The van der Waals surface area contributed by atoms with Gasteiger partial charge < -0.3 is 15.5 Å². The fourth-order valence-corrected chi connectivity index (χ4v) is 2.94. The summed E-state index contributed by atoms with van der Waals surface area (Å²) in [7, 11) is 0. The Bertz CT molecular complexity index is 620. The number of nitrogen functional groups attached to an aromatic ring is 1. The predicted octanol–water partition coefficient (Wildman–Crippen LogP) is 3.90. The minimum atomic E-state index is 0.722. The van der Waals surface area contributed by atoms with Gasteiger partial charge in [-0.3, -0.25) is 0 Å². The van der Waals surface area contributed by atoms with Gasteiger partial charge in [0.15, 0.2) is 0 Å². The highest BCUT2D eigenvalue weighted by molar-refractivity contribution is 6.31. The van der Waals surface area contributed by atoms with Gasteiger partial charge in [-0.05, 0) is 42.5 Å². The van der Waals surface area contributed by atoms with Crippen LogP contribution in [0.5, 0.6) is 0 Å². The molecule has 1 aliphatic rings. The largest absolute Gasteiger partial charge is 0.397 e. The number of benzene rings is 2. The number of hydrogen-bond acceptors (Lipinski definition) is 3. The molecule has 3 nitrogen and oxygen atoms in total. The Morgan fingerprint density at radius 1 is 0.762 bits per heavy atom. The topological polar surface area (TPSA) is 32.5 Å². The first-order valence-electron chi connectivity index (χ1n) is 6.94. The van der Waals surface area contributed by atoms with Crippen molar-refractivity contribution >= 4 is 40.3 Å². The molecule has 0 unspecified atom stereocenters. The SMILES string of the molecule is Nc1ccc(Cl)cc1N1CCN(c2ccc(Cl)cc2)CC1. The number of hydrogen-bond donors (Lipinski definition) is 1. The normalized spacial score (nSPS) is 15.3. The summed E-state index contributed by atoms with van der Waals surface area (Å²) in [6, 6.07) is 13.6. The molecule has 0 aliphatic carbocycles. The standard InChI is InChI=1S/C16H17Cl2N3/c17-12-1-4-14(5-2-12)20-7-9-21(10-8-20)16-11-13(18)3-6-15(16)19/h1-6,11H,7-10,19H2. The number of nitrogens with zero attached hydrogens (tertiary/aromatic N) is 2. The third-order valence-electron chi connectivity index (χ3n) is 3.80. The zero-order chi connectivity index (χ0) is 14.8. The van der Waals surface area contributed by atoms with Crippen LogP contribution in [0.15, 0.2) is 42.5 Å². The molecule has 1 fully saturated rings. The van der Waals surface area contributed by atoms with Crippen LogP contribution in [-0.2, 0) is 0 Å². The van der Waals surface area contributed by atoms with Gasteiger partial charge in [0.05, 0.1) is 11.4 Å². The summed E-state index contributed by atoms with van der Waals surface area (Å²) in [6.07, 6.45) is 0. The van der Waals surface area contributed by atoms with E-state index in [1.165, 1.54) is 5.69 Å². The number of rotatable bonds is 2. The van der Waals surface area contributed by atoms with Crippen LogP contribution in [0.4, 0.5) is 17.1 Å². The van der Waals surface area contributed by atoms with Crippen LogP contribution in [0, 0.1) is 0 Å². The Labute approximate surface area is 134 Å². The maximum atomic E-state index is 6.07. The molecule has 2 N–H and O–H groups in total. The molecule has 0 bridgehead atoms. The maximum absolute atomic E-state index is 6.07. The molecule has 0 aromatic heterocycles. The Morgan fingerprint density at radius 2 is 1.33 bits per heavy atom. The van der Waals surface area contributed by atoms with E-state index in [0.29, 0.717) is 0 Å². The van der Waals surface area contributed by atoms with Crippen molar-refractivity contribution in [1.82, 2.24) is 0 Å². The highest BCUT2D eigenvalue weighted by Crippen LogP contribution is 2.28. The molecule has 1 heterocycles. The highest BCUT2D eigenvalue weighted by atomic mass is 35.5. The summed E-state index contributed by atoms with van der Waals surface area (Å²) < 4.78 is 0. The van der Waals surface area contributed by atoms with Crippen molar-refractivity contribution in [2.24, 2.45) is 0 Å². The van der Waals surface area contributed by atoms with Crippen LogP contribution in [0.2, 0.25) is 10.0 Å². The van der Waals surface area contributed by atoms with E-state index in [1.54, 1.807) is 0 Å². The van der Waals surface area contributed by atoms with Gasteiger partial charge >= 0.3 is 0 Å². The molecule has 1 aliphatic heterocycles. The average molecular weight is 322 g/mol. The van der Waals surface area contributed by atoms with Gasteiger partial charge in [0, 0.05) is 41.9 Å². The third-order valence-corrected chi connectivity index (χ3v) is 4.29. The molecule has 5 heteroatoms. The third kappa shape index (κ3) is 3.20. The van der Waals surface area contributed by atoms with E-state index >= 15 is 0 Å². The Morgan fingerprint density at radius 3 is 2.00 bits per heavy atom. The van der Waals surface area contributed by atoms with Gasteiger partial charge in [-0.1, -0.05) is 23.2 Å². The second-order valence-electron chi connectivity index (χ2n) is 5.15. The minimum Gasteiger partial charge on any atom is -0.397 e. The van der Waals surface area contributed by atoms with Crippen molar-refractivity contribution in [3.8, 4) is 0 Å². The zero-order valence-corrected chi connectivity index (χ0v) is 13.1. The quantitative estimate of drug-likeness (QED) is 0.851. The van der Waals surface area contributed by atoms with Gasteiger partial charge in [-0.2, -0.15) is 0 Å². The second-order valence-corrected chi connectivity index (χ2v) is 6.03. The van der Waals surface area contributed by atoms with E-state index in [-0.39, 0.29) is 0 Å². The molecule has 0 spiro atoms. The first kappa shape index (κ1) is 14.4. The van der Waals surface area contributed by atoms with E-state index in [9.17, 15) is 0 Å². The van der Waals surface area contributed by atoms with E-state index in [4.69, 9.17) is 28.9 Å². The monoisotopic (exact) mass is 321 g/mol. The summed E-state index contributed by atoms with van der Waals surface area (Å²) in [5.74, 6) is 0. The van der Waals surface area contributed by atoms with Crippen molar-refractivity contribution < 1.29 is 0 Å². The van der Waals surface area contributed by atoms with E-state index in [1.807, 2.05) is 30.3 Å². The predicted molar refractivity (Wildman–Crippen MR) is 91.7 cm³/mol. The average Bonchev–Trinajstić information content (AvgIpc) is 2.51. The van der Waals surface area contributed by atoms with E-state index in [2.05, 4.69) is 21.9 Å². The zero-order valence-electron chi connectivity index (χ0n) is 11.6. The molecule has 0 radical (unpaired) electrons. The summed E-state index contributed by atoms with van der Waals surface area (Å²) in [5, 5.41) is 1.49. The number of nitrogens with two attached hydrogens (primary N) is 1. The highest BCUT2D eigenvalue weighted by Gasteiger charge is 2.19. The molecular weight excluding hydrogens is 305 g/mol. The fourth-order valence-electron chi connectivity index (χ4n) is 2.65. The van der Waals surface area contributed by atoms with Gasteiger partial charge in [0.25, 0.3) is 0 Å². The van der Waals surface area contributed by atoms with Crippen LogP contribution >= 0.6 is 23.2 Å². The van der Waals surface area contributed by atoms with Crippen LogP contribution in [0.25, 0.3) is 0 Å². The van der Waals surface area contributed by atoms with Crippen molar-refractivity contribution in [1.29, 1.82) is 0 Å². The van der Waals surface area contributed by atoms with Crippen molar-refractivity contribution in [3.63, 3.8) is 0 Å². The molecule has 3 rings (SSSR count). The Balaban J connectivity index is 1.70. The summed E-state index contributed by atoms with van der Waals surface area (Å²) in [5.41, 5.74) is 9.06. The molecular formula is C16H17Cl2N3. The van der Waals surface area contributed by atoms with Crippen molar-refractivity contribution in [2.75, 3.05) is 41.7 Å². The first-order chi connectivity index (χ1) is 10.1. The molecule has 0 saturated carbocycles. The Kier molecular flexibility index (Phi) is 4.13. The fraction of sp³-hybridized carbons (Fsp3) is 0.250. The van der Waals surface area contributed by atoms with Gasteiger partial charge in [-0.15, -0.1) is 0 Å². The number of anilines is 3. The van der Waals surface area contributed by atoms with Crippen LogP contribution in [-0.4, -0.2) is 26.2 Å². The van der Waals surface area contributed by atoms with Crippen LogP contribution in [0.1, 0.15) is 0 Å². The lowest BCUT2D eigenvalue weighted by Gasteiger charge is -2.37. The molecule has 110 valence electrons. The van der Waals surface area contributed by atoms with Gasteiger partial charge in [0.1, 0.15) is 0 Å². The maximum Gasteiger partial charge on any atom is 0.0616 e. The lowest BCUT2D eigenvalue weighted by molar-refractivity contribution is 0.654. The number of piperazine rings is 1. The lowest BCUT2D eigenvalue weighted by Crippen LogP contribution is -2.46. The smallest absolute Gasteiger partial charge is 0.0616 e. The van der Waals surface area contributed by atoms with Crippen LogP contribution in [0.3, 0.4) is 0 Å². The molecule has 2 aromatic carbocycles. The summed E-state index contributed by atoms with van der Waals surface area (Å²) in [4.78, 5) is 4.64. The summed E-state index contributed by atoms with van der Waals surface area (Å²) >= 11 is 12.0.